The van der Waals surface area contributed by atoms with Gasteiger partial charge < -0.3 is 10.4 Å². The Labute approximate surface area is 83.8 Å². The largest absolute Gasteiger partial charge is 0.388 e. The summed E-state index contributed by atoms with van der Waals surface area (Å²) in [6, 6.07) is 6.10. The van der Waals surface area contributed by atoms with E-state index in [0.29, 0.717) is 12.0 Å². The summed E-state index contributed by atoms with van der Waals surface area (Å²) in [6.07, 6.45) is 0.0295. The molecule has 1 aromatic carbocycles. The predicted molar refractivity (Wildman–Crippen MR) is 54.5 cm³/mol. The van der Waals surface area contributed by atoms with Crippen molar-refractivity contribution in [2.75, 3.05) is 13.1 Å². The van der Waals surface area contributed by atoms with Crippen molar-refractivity contribution in [2.45, 2.75) is 19.4 Å². The topological polar surface area (TPSA) is 32.3 Å². The minimum absolute atomic E-state index is 0.301. The zero-order chi connectivity index (χ0) is 10.4. The fourth-order valence-corrected chi connectivity index (χ4v) is 1.30. The van der Waals surface area contributed by atoms with Crippen LogP contribution in [0.25, 0.3) is 0 Å². The second-order valence-corrected chi connectivity index (χ2v) is 3.21. The summed E-state index contributed by atoms with van der Waals surface area (Å²) in [7, 11) is 0. The quantitative estimate of drug-likeness (QED) is 0.706. The maximum atomic E-state index is 12.8. The van der Waals surface area contributed by atoms with E-state index in [4.69, 9.17) is 0 Å². The van der Waals surface area contributed by atoms with Gasteiger partial charge in [-0.3, -0.25) is 0 Å². The zero-order valence-electron chi connectivity index (χ0n) is 8.33. The molecule has 0 heterocycles. The average Bonchev–Trinajstić information content (AvgIpc) is 2.18. The Morgan fingerprint density at radius 2 is 2.29 bits per heavy atom. The summed E-state index contributed by atoms with van der Waals surface area (Å²) >= 11 is 0. The number of benzene rings is 1. The lowest BCUT2D eigenvalue weighted by Crippen LogP contribution is -2.16. The van der Waals surface area contributed by atoms with Crippen molar-refractivity contribution >= 4 is 0 Å². The molecule has 1 unspecified atom stereocenters. The number of nitrogens with one attached hydrogen (secondary N) is 1. The first-order valence-electron chi connectivity index (χ1n) is 4.88. The molecule has 14 heavy (non-hydrogen) atoms. The molecular formula is C11H16FNO. The van der Waals surface area contributed by atoms with Gasteiger partial charge in [-0.2, -0.15) is 0 Å². The highest BCUT2D eigenvalue weighted by molar-refractivity contribution is 5.18. The maximum absolute atomic E-state index is 12.8. The van der Waals surface area contributed by atoms with Crippen LogP contribution < -0.4 is 5.32 Å². The molecule has 0 aliphatic heterocycles. The lowest BCUT2D eigenvalue weighted by Gasteiger charge is -2.10. The number of aliphatic hydroxyl groups excluding tert-OH is 1. The van der Waals surface area contributed by atoms with Crippen LogP contribution in [0.1, 0.15) is 25.0 Å². The third-order valence-electron chi connectivity index (χ3n) is 2.08. The minimum Gasteiger partial charge on any atom is -0.388 e. The van der Waals surface area contributed by atoms with Crippen LogP contribution in [0.15, 0.2) is 24.3 Å². The van der Waals surface area contributed by atoms with Gasteiger partial charge in [0.05, 0.1) is 6.10 Å². The number of aliphatic hydroxyl groups is 1. The second-order valence-electron chi connectivity index (χ2n) is 3.21. The molecule has 0 saturated heterocycles. The van der Waals surface area contributed by atoms with Crippen LogP contribution in [-0.4, -0.2) is 18.2 Å². The molecule has 1 aromatic rings. The van der Waals surface area contributed by atoms with Crippen LogP contribution in [0.5, 0.6) is 0 Å². The van der Waals surface area contributed by atoms with E-state index in [9.17, 15) is 9.50 Å². The fourth-order valence-electron chi connectivity index (χ4n) is 1.30. The van der Waals surface area contributed by atoms with E-state index in [0.717, 1.165) is 13.1 Å². The Kier molecular flexibility index (Phi) is 4.56. The van der Waals surface area contributed by atoms with Gasteiger partial charge >= 0.3 is 0 Å². The van der Waals surface area contributed by atoms with E-state index >= 15 is 0 Å². The molecule has 78 valence electrons. The van der Waals surface area contributed by atoms with E-state index in [1.807, 2.05) is 6.92 Å². The van der Waals surface area contributed by atoms with Gasteiger partial charge in [-0.05, 0) is 37.2 Å². The normalized spacial score (nSPS) is 12.8. The third kappa shape index (κ3) is 3.44. The van der Waals surface area contributed by atoms with Gasteiger partial charge in [0.1, 0.15) is 5.82 Å². The van der Waals surface area contributed by atoms with Crippen molar-refractivity contribution in [2.24, 2.45) is 0 Å². The second kappa shape index (κ2) is 5.73. The summed E-state index contributed by atoms with van der Waals surface area (Å²) < 4.78 is 12.8. The Bertz CT molecular complexity index is 278. The van der Waals surface area contributed by atoms with E-state index in [1.54, 1.807) is 12.1 Å². The lowest BCUT2D eigenvalue weighted by atomic mass is 10.1. The Morgan fingerprint density at radius 3 is 2.93 bits per heavy atom. The molecule has 0 spiro atoms. The molecule has 0 aliphatic carbocycles. The average molecular weight is 197 g/mol. The van der Waals surface area contributed by atoms with Crippen LogP contribution >= 0.6 is 0 Å². The molecule has 0 bridgehead atoms. The standard InChI is InChI=1S/C11H16FNO/c1-2-13-7-6-11(14)9-4-3-5-10(12)8-9/h3-5,8,11,13-14H,2,6-7H2,1H3. The molecule has 0 aliphatic rings. The van der Waals surface area contributed by atoms with Gasteiger partial charge in [-0.15, -0.1) is 0 Å². The van der Waals surface area contributed by atoms with Crippen LogP contribution in [-0.2, 0) is 0 Å². The Balaban J connectivity index is 2.47. The van der Waals surface area contributed by atoms with E-state index in [1.165, 1.54) is 12.1 Å². The minimum atomic E-state index is -0.579. The molecule has 3 heteroatoms. The number of rotatable bonds is 5. The van der Waals surface area contributed by atoms with Crippen LogP contribution in [0.2, 0.25) is 0 Å². The molecule has 0 aromatic heterocycles. The van der Waals surface area contributed by atoms with Crippen LogP contribution in [0.4, 0.5) is 4.39 Å². The number of hydrogen-bond donors (Lipinski definition) is 2. The van der Waals surface area contributed by atoms with Crippen molar-refractivity contribution in [3.8, 4) is 0 Å². The molecule has 0 saturated carbocycles. The van der Waals surface area contributed by atoms with Gasteiger partial charge in [-0.25, -0.2) is 4.39 Å². The first-order chi connectivity index (χ1) is 6.74. The van der Waals surface area contributed by atoms with Crippen LogP contribution in [0, 0.1) is 5.82 Å². The molecule has 1 atom stereocenters. The first-order valence-corrected chi connectivity index (χ1v) is 4.88. The summed E-state index contributed by atoms with van der Waals surface area (Å²) in [6.45, 7) is 3.64. The van der Waals surface area contributed by atoms with Gasteiger partial charge in [0.2, 0.25) is 0 Å². The van der Waals surface area contributed by atoms with Crippen molar-refractivity contribution in [1.29, 1.82) is 0 Å². The van der Waals surface area contributed by atoms with Crippen molar-refractivity contribution < 1.29 is 9.50 Å². The molecule has 0 fully saturated rings. The molecule has 2 nitrogen and oxygen atoms in total. The maximum Gasteiger partial charge on any atom is 0.123 e. The van der Waals surface area contributed by atoms with Crippen LogP contribution in [0.3, 0.4) is 0 Å². The lowest BCUT2D eigenvalue weighted by molar-refractivity contribution is 0.166. The van der Waals surface area contributed by atoms with E-state index in [2.05, 4.69) is 5.32 Å². The van der Waals surface area contributed by atoms with Gasteiger partial charge in [0.15, 0.2) is 0 Å². The highest BCUT2D eigenvalue weighted by Crippen LogP contribution is 2.16. The first kappa shape index (κ1) is 11.1. The summed E-state index contributed by atoms with van der Waals surface area (Å²) in [5.74, 6) is -0.301. The highest BCUT2D eigenvalue weighted by atomic mass is 19.1. The summed E-state index contributed by atoms with van der Waals surface area (Å²) in [5, 5.41) is 12.8. The number of halogens is 1. The van der Waals surface area contributed by atoms with Crippen molar-refractivity contribution in [3.05, 3.63) is 35.6 Å². The van der Waals surface area contributed by atoms with Gasteiger partial charge in [0.25, 0.3) is 0 Å². The summed E-state index contributed by atoms with van der Waals surface area (Å²) in [5.41, 5.74) is 0.642. The third-order valence-corrected chi connectivity index (χ3v) is 2.08. The number of hydrogen-bond acceptors (Lipinski definition) is 2. The van der Waals surface area contributed by atoms with E-state index in [-0.39, 0.29) is 5.82 Å². The molecule has 0 amide bonds. The monoisotopic (exact) mass is 197 g/mol. The Hall–Kier alpha value is -0.930. The predicted octanol–water partition coefficient (Wildman–Crippen LogP) is 1.86. The fraction of sp³-hybridized carbons (Fsp3) is 0.455. The van der Waals surface area contributed by atoms with Crippen molar-refractivity contribution in [1.82, 2.24) is 5.32 Å². The molecule has 1 rings (SSSR count). The Morgan fingerprint density at radius 1 is 1.50 bits per heavy atom. The smallest absolute Gasteiger partial charge is 0.123 e. The summed E-state index contributed by atoms with van der Waals surface area (Å²) in [4.78, 5) is 0. The highest BCUT2D eigenvalue weighted by Gasteiger charge is 2.06. The zero-order valence-corrected chi connectivity index (χ0v) is 8.33. The van der Waals surface area contributed by atoms with E-state index < -0.39 is 6.10 Å². The molecule has 0 radical (unpaired) electrons. The molecule has 2 N–H and O–H groups in total. The van der Waals surface area contributed by atoms with Gasteiger partial charge in [-0.1, -0.05) is 19.1 Å². The SMILES string of the molecule is CCNCCC(O)c1cccc(F)c1. The molecular weight excluding hydrogens is 181 g/mol. The van der Waals surface area contributed by atoms with Gasteiger partial charge in [0, 0.05) is 0 Å². The van der Waals surface area contributed by atoms with Crippen molar-refractivity contribution in [3.63, 3.8) is 0 Å².